The smallest absolute Gasteiger partial charge is 0.266 e. The maximum absolute atomic E-state index is 14.3. The minimum Gasteiger partial charge on any atom is -0.497 e. The zero-order valence-corrected chi connectivity index (χ0v) is 18.9. The van der Waals surface area contributed by atoms with Gasteiger partial charge in [-0.15, -0.1) is 0 Å². The minimum atomic E-state index is -0.557. The van der Waals surface area contributed by atoms with Crippen molar-refractivity contribution in [3.05, 3.63) is 98.8 Å². The Morgan fingerprint density at radius 3 is 2.55 bits per heavy atom. The van der Waals surface area contributed by atoms with Crippen LogP contribution in [0.3, 0.4) is 0 Å². The quantitative estimate of drug-likeness (QED) is 0.391. The first kappa shape index (κ1) is 22.4. The first-order valence-electron chi connectivity index (χ1n) is 10.4. The van der Waals surface area contributed by atoms with Gasteiger partial charge in [0.05, 0.1) is 29.7 Å². The van der Waals surface area contributed by atoms with Gasteiger partial charge in [0.1, 0.15) is 11.6 Å². The van der Waals surface area contributed by atoms with Gasteiger partial charge in [0.15, 0.2) is 4.77 Å². The number of aromatic nitrogens is 2. The molecule has 8 heteroatoms. The number of carbonyl (C=O) groups is 1. The van der Waals surface area contributed by atoms with Crippen molar-refractivity contribution in [3.8, 4) is 11.4 Å². The number of halogens is 1. The highest BCUT2D eigenvalue weighted by Crippen LogP contribution is 2.21. The monoisotopic (exact) mass is 463 g/mol. The number of methoxy groups -OCH3 is 1. The summed E-state index contributed by atoms with van der Waals surface area (Å²) in [7, 11) is 1.60. The van der Waals surface area contributed by atoms with Gasteiger partial charge in [-0.05, 0) is 66.7 Å². The van der Waals surface area contributed by atoms with E-state index in [1.54, 1.807) is 31.4 Å². The summed E-state index contributed by atoms with van der Waals surface area (Å²) in [4.78, 5) is 28.9. The second-order valence-corrected chi connectivity index (χ2v) is 7.88. The second-order valence-electron chi connectivity index (χ2n) is 7.49. The summed E-state index contributed by atoms with van der Waals surface area (Å²) in [5.74, 6) is -0.0958. The highest BCUT2D eigenvalue weighted by atomic mass is 32.1. The number of rotatable bonds is 6. The highest BCUT2D eigenvalue weighted by Gasteiger charge is 2.16. The number of H-pyrrole nitrogens is 1. The molecule has 0 saturated heterocycles. The summed E-state index contributed by atoms with van der Waals surface area (Å²) in [5.41, 5.74) is 1.35. The first-order chi connectivity index (χ1) is 15.9. The van der Waals surface area contributed by atoms with Crippen LogP contribution in [0.5, 0.6) is 5.75 Å². The molecule has 0 aliphatic carbocycles. The standard InChI is InChI=1S/C25H22FN3O3S/c1-3-20(15-8-11-17(32-2)12-9-15)27-23(30)16-10-13-18-21(14-16)28-25(33)29(24(18)31)22-7-5-4-6-19(22)26/h4-14,20H,3H2,1-2H3,(H,27,30)(H,28,33). The zero-order valence-electron chi connectivity index (χ0n) is 18.1. The third kappa shape index (κ3) is 4.42. The molecule has 1 amide bonds. The fraction of sp³-hybridized carbons (Fsp3) is 0.160. The molecule has 0 aliphatic rings. The van der Waals surface area contributed by atoms with E-state index in [1.165, 1.54) is 18.2 Å². The van der Waals surface area contributed by atoms with E-state index in [0.29, 0.717) is 22.9 Å². The minimum absolute atomic E-state index is 0.0415. The summed E-state index contributed by atoms with van der Waals surface area (Å²) in [6.45, 7) is 1.98. The summed E-state index contributed by atoms with van der Waals surface area (Å²) >= 11 is 5.32. The number of para-hydroxylation sites is 1. The lowest BCUT2D eigenvalue weighted by Crippen LogP contribution is -2.28. The lowest BCUT2D eigenvalue weighted by Gasteiger charge is -2.18. The number of nitrogens with zero attached hydrogens (tertiary/aromatic N) is 1. The van der Waals surface area contributed by atoms with Crippen LogP contribution in [0.25, 0.3) is 16.6 Å². The van der Waals surface area contributed by atoms with Gasteiger partial charge < -0.3 is 15.0 Å². The number of nitrogens with one attached hydrogen (secondary N) is 2. The van der Waals surface area contributed by atoms with Gasteiger partial charge in [0, 0.05) is 5.56 Å². The molecule has 0 saturated carbocycles. The topological polar surface area (TPSA) is 76.1 Å². The lowest BCUT2D eigenvalue weighted by molar-refractivity contribution is 0.0935. The SMILES string of the molecule is CCC(NC(=O)c1ccc2c(=O)n(-c3ccccc3F)c(=S)[nH]c2c1)c1ccc(OC)cc1. The van der Waals surface area contributed by atoms with Crippen LogP contribution in [0.15, 0.2) is 71.5 Å². The number of hydrogen-bond acceptors (Lipinski definition) is 4. The van der Waals surface area contributed by atoms with Crippen molar-refractivity contribution < 1.29 is 13.9 Å². The molecule has 3 aromatic carbocycles. The largest absolute Gasteiger partial charge is 0.497 e. The van der Waals surface area contributed by atoms with Crippen LogP contribution in [-0.4, -0.2) is 22.6 Å². The Balaban J connectivity index is 1.67. The van der Waals surface area contributed by atoms with Gasteiger partial charge in [0.25, 0.3) is 11.5 Å². The molecule has 1 unspecified atom stereocenters. The Morgan fingerprint density at radius 2 is 1.88 bits per heavy atom. The fourth-order valence-corrected chi connectivity index (χ4v) is 4.00. The Hall–Kier alpha value is -3.78. The molecular weight excluding hydrogens is 441 g/mol. The molecule has 4 aromatic rings. The van der Waals surface area contributed by atoms with E-state index in [4.69, 9.17) is 17.0 Å². The van der Waals surface area contributed by atoms with E-state index in [2.05, 4.69) is 10.3 Å². The van der Waals surface area contributed by atoms with Crippen LogP contribution >= 0.6 is 12.2 Å². The Kier molecular flexibility index (Phi) is 6.37. The number of aromatic amines is 1. The van der Waals surface area contributed by atoms with Crippen molar-refractivity contribution in [2.45, 2.75) is 19.4 Å². The molecule has 0 spiro atoms. The number of amides is 1. The van der Waals surface area contributed by atoms with Crippen molar-refractivity contribution in [3.63, 3.8) is 0 Å². The normalized spacial score (nSPS) is 11.8. The summed E-state index contributed by atoms with van der Waals surface area (Å²) < 4.78 is 20.6. The summed E-state index contributed by atoms with van der Waals surface area (Å²) in [6, 6.07) is 17.9. The number of carbonyl (C=O) groups excluding carboxylic acids is 1. The molecule has 0 fully saturated rings. The van der Waals surface area contributed by atoms with E-state index in [1.807, 2.05) is 31.2 Å². The molecular formula is C25H22FN3O3S. The van der Waals surface area contributed by atoms with E-state index in [-0.39, 0.29) is 22.4 Å². The molecule has 168 valence electrons. The maximum Gasteiger partial charge on any atom is 0.266 e. The van der Waals surface area contributed by atoms with Gasteiger partial charge in [-0.1, -0.05) is 31.2 Å². The van der Waals surface area contributed by atoms with Crippen LogP contribution in [0.4, 0.5) is 4.39 Å². The predicted molar refractivity (Wildman–Crippen MR) is 128 cm³/mol. The van der Waals surface area contributed by atoms with Crippen LogP contribution in [0, 0.1) is 10.6 Å². The van der Waals surface area contributed by atoms with Crippen LogP contribution in [-0.2, 0) is 0 Å². The van der Waals surface area contributed by atoms with Crippen molar-refractivity contribution in [2.75, 3.05) is 7.11 Å². The third-order valence-electron chi connectivity index (χ3n) is 5.49. The number of hydrogen-bond donors (Lipinski definition) is 2. The lowest BCUT2D eigenvalue weighted by atomic mass is 10.0. The Labute approximate surface area is 194 Å². The van der Waals surface area contributed by atoms with Gasteiger partial charge >= 0.3 is 0 Å². The van der Waals surface area contributed by atoms with Crippen molar-refractivity contribution in [1.29, 1.82) is 0 Å². The van der Waals surface area contributed by atoms with Crippen molar-refractivity contribution in [1.82, 2.24) is 14.9 Å². The molecule has 33 heavy (non-hydrogen) atoms. The molecule has 6 nitrogen and oxygen atoms in total. The third-order valence-corrected chi connectivity index (χ3v) is 5.77. The van der Waals surface area contributed by atoms with E-state index in [9.17, 15) is 14.0 Å². The fourth-order valence-electron chi connectivity index (χ4n) is 3.71. The Bertz CT molecular complexity index is 1440. The molecule has 0 aliphatic heterocycles. The Morgan fingerprint density at radius 1 is 1.15 bits per heavy atom. The molecule has 0 radical (unpaired) electrons. The maximum atomic E-state index is 14.3. The molecule has 1 aromatic heterocycles. The summed E-state index contributed by atoms with van der Waals surface area (Å²) in [5, 5.41) is 3.32. The first-order valence-corrected chi connectivity index (χ1v) is 10.8. The molecule has 2 N–H and O–H groups in total. The molecule has 1 heterocycles. The average Bonchev–Trinajstić information content (AvgIpc) is 2.83. The molecule has 1 atom stereocenters. The van der Waals surface area contributed by atoms with E-state index < -0.39 is 11.4 Å². The molecule has 4 rings (SSSR count). The van der Waals surface area contributed by atoms with Gasteiger partial charge in [0.2, 0.25) is 0 Å². The molecule has 0 bridgehead atoms. The second kappa shape index (κ2) is 9.38. The zero-order chi connectivity index (χ0) is 23.5. The van der Waals surface area contributed by atoms with Crippen molar-refractivity contribution >= 4 is 29.0 Å². The number of benzene rings is 3. The van der Waals surface area contributed by atoms with Gasteiger partial charge in [-0.25, -0.2) is 8.96 Å². The summed E-state index contributed by atoms with van der Waals surface area (Å²) in [6.07, 6.45) is 0.696. The number of fused-ring (bicyclic) bond motifs is 1. The van der Waals surface area contributed by atoms with E-state index in [0.717, 1.165) is 15.9 Å². The van der Waals surface area contributed by atoms with Crippen LogP contribution < -0.4 is 15.6 Å². The predicted octanol–water partition coefficient (Wildman–Crippen LogP) is 5.08. The van der Waals surface area contributed by atoms with Gasteiger partial charge in [-0.2, -0.15) is 0 Å². The number of ether oxygens (including phenoxy) is 1. The highest BCUT2D eigenvalue weighted by molar-refractivity contribution is 7.71. The van der Waals surface area contributed by atoms with Crippen LogP contribution in [0.1, 0.15) is 35.3 Å². The van der Waals surface area contributed by atoms with E-state index >= 15 is 0 Å². The van der Waals surface area contributed by atoms with Crippen LogP contribution in [0.2, 0.25) is 0 Å². The van der Waals surface area contributed by atoms with Gasteiger partial charge in [-0.3, -0.25) is 9.59 Å². The average molecular weight is 464 g/mol. The van der Waals surface area contributed by atoms with Crippen molar-refractivity contribution in [2.24, 2.45) is 0 Å².